The van der Waals surface area contributed by atoms with Crippen LogP contribution in [0.3, 0.4) is 0 Å². The number of aliphatic hydroxyl groups is 1. The average Bonchev–Trinajstić information content (AvgIpc) is 2.69. The van der Waals surface area contributed by atoms with Gasteiger partial charge in [-0.25, -0.2) is 0 Å². The largest absolute Gasteiger partial charge is 0.508 e. The maximum atomic E-state index is 11.0. The molecular weight excluding hydrogens is 351 g/mol. The topological polar surface area (TPSA) is 40.5 Å². The Balaban J connectivity index is 2.03. The van der Waals surface area contributed by atoms with E-state index in [1.165, 1.54) is 0 Å². The number of aliphatic hydroxyl groups excluding tert-OH is 1. The van der Waals surface area contributed by atoms with Gasteiger partial charge in [0.25, 0.3) is 0 Å². The van der Waals surface area contributed by atoms with Crippen LogP contribution in [0.5, 0.6) is 5.75 Å². The summed E-state index contributed by atoms with van der Waals surface area (Å²) < 4.78 is 0. The number of para-hydroxylation sites is 1. The highest BCUT2D eigenvalue weighted by Crippen LogP contribution is 2.47. The summed E-state index contributed by atoms with van der Waals surface area (Å²) in [5.41, 5.74) is 3.95. The Morgan fingerprint density at radius 2 is 1.63 bits per heavy atom. The van der Waals surface area contributed by atoms with Crippen LogP contribution in [0.1, 0.15) is 48.6 Å². The van der Waals surface area contributed by atoms with Crippen LogP contribution >= 0.6 is 8.58 Å². The highest BCUT2D eigenvalue weighted by molar-refractivity contribution is 7.48. The lowest BCUT2D eigenvalue weighted by Gasteiger charge is -2.31. The molecule has 3 aromatic carbocycles. The number of phenolic OH excluding ortho intramolecular Hbond substituents is 1. The molecule has 0 aliphatic rings. The monoisotopic (exact) mass is 378 g/mol. The summed E-state index contributed by atoms with van der Waals surface area (Å²) in [6.07, 6.45) is 0.247. The molecule has 3 atom stereocenters. The lowest BCUT2D eigenvalue weighted by molar-refractivity contribution is 0.221. The highest BCUT2D eigenvalue weighted by atomic mass is 31.1. The molecule has 0 heterocycles. The minimum Gasteiger partial charge on any atom is -0.508 e. The molecule has 0 amide bonds. The van der Waals surface area contributed by atoms with Gasteiger partial charge >= 0.3 is 0 Å². The van der Waals surface area contributed by atoms with Gasteiger partial charge in [-0.2, -0.15) is 0 Å². The van der Waals surface area contributed by atoms with Crippen LogP contribution in [0.4, 0.5) is 0 Å². The van der Waals surface area contributed by atoms with E-state index in [0.717, 1.165) is 34.0 Å². The van der Waals surface area contributed by atoms with E-state index in [1.807, 2.05) is 48.5 Å². The number of hydrogen-bond donors (Lipinski definition) is 2. The van der Waals surface area contributed by atoms with Crippen molar-refractivity contribution < 1.29 is 10.2 Å². The SMILES string of the molecule is CCC(C)(Pc1ccc(C)cc1C(O)c1ccccc1)c1ccccc1O. The summed E-state index contributed by atoms with van der Waals surface area (Å²) >= 11 is 0. The van der Waals surface area contributed by atoms with Gasteiger partial charge < -0.3 is 10.2 Å². The van der Waals surface area contributed by atoms with Gasteiger partial charge in [0.1, 0.15) is 11.9 Å². The molecule has 0 radical (unpaired) electrons. The van der Waals surface area contributed by atoms with Crippen molar-refractivity contribution in [1.29, 1.82) is 0 Å². The van der Waals surface area contributed by atoms with Gasteiger partial charge in [0, 0.05) is 10.7 Å². The van der Waals surface area contributed by atoms with Gasteiger partial charge in [-0.1, -0.05) is 94.7 Å². The number of hydrogen-bond acceptors (Lipinski definition) is 2. The Morgan fingerprint density at radius 1 is 0.963 bits per heavy atom. The van der Waals surface area contributed by atoms with E-state index in [4.69, 9.17) is 0 Å². The number of benzene rings is 3. The fraction of sp³-hybridized carbons (Fsp3) is 0.250. The summed E-state index contributed by atoms with van der Waals surface area (Å²) in [6, 6.07) is 23.7. The predicted molar refractivity (Wildman–Crippen MR) is 115 cm³/mol. The zero-order chi connectivity index (χ0) is 19.4. The van der Waals surface area contributed by atoms with E-state index in [1.54, 1.807) is 6.07 Å². The minimum absolute atomic E-state index is 0.189. The van der Waals surface area contributed by atoms with E-state index in [9.17, 15) is 10.2 Å². The van der Waals surface area contributed by atoms with Gasteiger partial charge in [0.15, 0.2) is 0 Å². The van der Waals surface area contributed by atoms with Gasteiger partial charge in [0.05, 0.1) is 0 Å². The molecule has 0 aliphatic heterocycles. The van der Waals surface area contributed by atoms with Crippen LogP contribution in [0.25, 0.3) is 0 Å². The molecule has 3 aromatic rings. The second-order valence-corrected chi connectivity index (χ2v) is 9.12. The van der Waals surface area contributed by atoms with Crippen molar-refractivity contribution >= 4 is 13.9 Å². The van der Waals surface area contributed by atoms with E-state index in [0.29, 0.717) is 14.3 Å². The van der Waals surface area contributed by atoms with Crippen LogP contribution in [0, 0.1) is 6.92 Å². The molecule has 0 bridgehead atoms. The molecule has 0 saturated heterocycles. The standard InChI is InChI=1S/C24H27O2P/c1-4-24(3,20-12-8-9-13-21(20)25)27-22-15-14-17(2)16-19(22)23(26)18-10-6-5-7-11-18/h5-16,23,25-27H,4H2,1-3H3. The lowest BCUT2D eigenvalue weighted by atomic mass is 9.96. The summed E-state index contributed by atoms with van der Waals surface area (Å²) in [5, 5.41) is 22.4. The second-order valence-electron chi connectivity index (χ2n) is 7.23. The van der Waals surface area contributed by atoms with E-state index >= 15 is 0 Å². The molecule has 140 valence electrons. The molecule has 3 rings (SSSR count). The predicted octanol–water partition coefficient (Wildman–Crippen LogP) is 5.41. The third-order valence-electron chi connectivity index (χ3n) is 5.23. The van der Waals surface area contributed by atoms with Crippen molar-refractivity contribution in [2.24, 2.45) is 0 Å². The normalized spacial score (nSPS) is 15.0. The summed E-state index contributed by atoms with van der Waals surface area (Å²) in [6.45, 7) is 6.40. The first-order valence-corrected chi connectivity index (χ1v) is 10.3. The fourth-order valence-corrected chi connectivity index (χ4v) is 5.06. The lowest BCUT2D eigenvalue weighted by Crippen LogP contribution is -2.21. The Kier molecular flexibility index (Phi) is 5.99. The van der Waals surface area contributed by atoms with E-state index < -0.39 is 6.10 Å². The molecule has 2 N–H and O–H groups in total. The fourth-order valence-electron chi connectivity index (χ4n) is 3.42. The van der Waals surface area contributed by atoms with Crippen molar-refractivity contribution in [1.82, 2.24) is 0 Å². The Bertz CT molecular complexity index is 907. The van der Waals surface area contributed by atoms with Crippen molar-refractivity contribution in [2.45, 2.75) is 38.5 Å². The molecule has 0 aromatic heterocycles. The van der Waals surface area contributed by atoms with Gasteiger partial charge in [-0.3, -0.25) is 0 Å². The Labute approximate surface area is 163 Å². The average molecular weight is 378 g/mol. The molecule has 2 nitrogen and oxygen atoms in total. The second kappa shape index (κ2) is 8.25. The molecule has 3 heteroatoms. The van der Waals surface area contributed by atoms with E-state index in [-0.39, 0.29) is 5.16 Å². The molecule has 0 fully saturated rings. The third-order valence-corrected chi connectivity index (χ3v) is 7.13. The maximum absolute atomic E-state index is 11.0. The number of aromatic hydroxyl groups is 1. The number of phenols is 1. The zero-order valence-electron chi connectivity index (χ0n) is 16.1. The number of rotatable bonds is 6. The van der Waals surface area contributed by atoms with E-state index in [2.05, 4.69) is 39.0 Å². The van der Waals surface area contributed by atoms with Crippen molar-refractivity contribution in [3.05, 3.63) is 95.1 Å². The molecule has 3 unspecified atom stereocenters. The van der Waals surface area contributed by atoms with Gasteiger partial charge in [0.2, 0.25) is 0 Å². The third kappa shape index (κ3) is 4.24. The van der Waals surface area contributed by atoms with Crippen LogP contribution in [0.15, 0.2) is 72.8 Å². The van der Waals surface area contributed by atoms with Crippen LogP contribution in [0.2, 0.25) is 0 Å². The smallest absolute Gasteiger partial charge is 0.119 e. The van der Waals surface area contributed by atoms with Crippen molar-refractivity contribution in [3.8, 4) is 5.75 Å². The first-order chi connectivity index (χ1) is 12.9. The molecular formula is C24H27O2P. The van der Waals surface area contributed by atoms with Crippen molar-refractivity contribution in [3.63, 3.8) is 0 Å². The minimum atomic E-state index is -0.654. The molecule has 0 saturated carbocycles. The maximum Gasteiger partial charge on any atom is 0.119 e. The summed E-state index contributed by atoms with van der Waals surface area (Å²) in [5.74, 6) is 0.339. The molecule has 27 heavy (non-hydrogen) atoms. The molecule has 0 spiro atoms. The van der Waals surface area contributed by atoms with Crippen molar-refractivity contribution in [2.75, 3.05) is 0 Å². The first-order valence-electron chi connectivity index (χ1n) is 9.35. The first kappa shape index (κ1) is 19.6. The highest BCUT2D eigenvalue weighted by Gasteiger charge is 2.29. The van der Waals surface area contributed by atoms with Gasteiger partial charge in [-0.05, 0) is 35.8 Å². The summed E-state index contributed by atoms with van der Waals surface area (Å²) in [4.78, 5) is 0. The van der Waals surface area contributed by atoms with Crippen LogP contribution < -0.4 is 5.30 Å². The zero-order valence-corrected chi connectivity index (χ0v) is 17.1. The number of aryl methyl sites for hydroxylation is 1. The van der Waals surface area contributed by atoms with Gasteiger partial charge in [-0.15, -0.1) is 0 Å². The van der Waals surface area contributed by atoms with Crippen LogP contribution in [-0.2, 0) is 5.16 Å². The summed E-state index contributed by atoms with van der Waals surface area (Å²) in [7, 11) is 0.435. The molecule has 0 aliphatic carbocycles. The quantitative estimate of drug-likeness (QED) is 0.563. The Hall–Kier alpha value is -2.15. The Morgan fingerprint density at radius 3 is 2.30 bits per heavy atom. The van der Waals surface area contributed by atoms with Crippen LogP contribution in [-0.4, -0.2) is 10.2 Å².